The number of piperazine rings is 1. The van der Waals surface area contributed by atoms with Gasteiger partial charge in [-0.2, -0.15) is 0 Å². The topological polar surface area (TPSA) is 78.4 Å². The first-order chi connectivity index (χ1) is 13.6. The Morgan fingerprint density at radius 2 is 2.00 bits per heavy atom. The third-order valence-corrected chi connectivity index (χ3v) is 6.23. The van der Waals surface area contributed by atoms with Gasteiger partial charge in [0.15, 0.2) is 0 Å². The molecule has 2 fully saturated rings. The Balaban J connectivity index is 1.34. The van der Waals surface area contributed by atoms with Crippen LogP contribution in [0.5, 0.6) is 0 Å². The lowest BCUT2D eigenvalue weighted by atomic mass is 9.63. The number of amides is 2. The van der Waals surface area contributed by atoms with Gasteiger partial charge in [0.05, 0.1) is 12.0 Å². The molecule has 28 heavy (non-hydrogen) atoms. The van der Waals surface area contributed by atoms with Gasteiger partial charge in [0.1, 0.15) is 11.3 Å². The summed E-state index contributed by atoms with van der Waals surface area (Å²) in [5.74, 6) is -0.350. The minimum absolute atomic E-state index is 0.0855. The molecule has 1 aromatic carbocycles. The first-order valence-corrected chi connectivity index (χ1v) is 10.3. The third-order valence-electron chi connectivity index (χ3n) is 5.63. The number of nitrogens with zero attached hydrogens (tertiary/aromatic N) is 4. The molecule has 7 nitrogen and oxygen atoms in total. The molecule has 1 aliphatic heterocycles. The summed E-state index contributed by atoms with van der Waals surface area (Å²) in [6.07, 6.45) is 2.51. The minimum atomic E-state index is -0.584. The Kier molecular flexibility index (Phi) is 5.36. The molecule has 0 bridgehead atoms. The van der Waals surface area contributed by atoms with Gasteiger partial charge in [-0.3, -0.25) is 19.8 Å². The van der Waals surface area contributed by atoms with Crippen molar-refractivity contribution in [2.75, 3.05) is 38.0 Å². The lowest BCUT2D eigenvalue weighted by Gasteiger charge is -2.46. The van der Waals surface area contributed by atoms with Gasteiger partial charge in [0.25, 0.3) is 0 Å². The Morgan fingerprint density at radius 3 is 2.61 bits per heavy atom. The first-order valence-electron chi connectivity index (χ1n) is 9.41. The molecule has 0 spiro atoms. The molecule has 1 aliphatic carbocycles. The van der Waals surface area contributed by atoms with E-state index in [0.29, 0.717) is 31.3 Å². The normalized spacial score (nSPS) is 19.1. The molecule has 9 heteroatoms. The number of carbonyl (C=O) groups excluding carboxylic acids is 2. The van der Waals surface area contributed by atoms with Crippen molar-refractivity contribution < 1.29 is 14.0 Å². The number of aromatic nitrogens is 2. The maximum Gasteiger partial charge on any atom is 0.240 e. The summed E-state index contributed by atoms with van der Waals surface area (Å²) in [5, 5.41) is 10.7. The van der Waals surface area contributed by atoms with E-state index >= 15 is 0 Å². The van der Waals surface area contributed by atoms with Crippen LogP contribution in [0.4, 0.5) is 9.52 Å². The number of carbonyl (C=O) groups is 2. The molecular formula is C19H22FN5O2S. The number of nitrogens with one attached hydrogen (secondary N) is 1. The molecule has 1 saturated heterocycles. The zero-order valence-electron chi connectivity index (χ0n) is 15.4. The lowest BCUT2D eigenvalue weighted by Crippen LogP contribution is -2.57. The van der Waals surface area contributed by atoms with E-state index in [1.54, 1.807) is 11.6 Å². The Hall–Kier alpha value is -2.39. The van der Waals surface area contributed by atoms with Gasteiger partial charge in [-0.1, -0.05) is 29.9 Å². The molecule has 2 heterocycles. The summed E-state index contributed by atoms with van der Waals surface area (Å²) in [5.41, 5.74) is 1.76. The number of anilines is 1. The smallest absolute Gasteiger partial charge is 0.240 e. The summed E-state index contributed by atoms with van der Waals surface area (Å²) in [6.45, 7) is 2.67. The second kappa shape index (κ2) is 7.92. The van der Waals surface area contributed by atoms with E-state index in [1.807, 2.05) is 15.9 Å². The fourth-order valence-electron chi connectivity index (χ4n) is 3.94. The van der Waals surface area contributed by atoms with Gasteiger partial charge in [-0.05, 0) is 30.5 Å². The zero-order chi connectivity index (χ0) is 19.6. The van der Waals surface area contributed by atoms with Crippen LogP contribution in [0.3, 0.4) is 0 Å². The average molecular weight is 403 g/mol. The number of halogens is 1. The highest BCUT2D eigenvalue weighted by molar-refractivity contribution is 7.13. The van der Waals surface area contributed by atoms with Crippen molar-refractivity contribution in [3.05, 3.63) is 41.2 Å². The number of rotatable bonds is 5. The highest BCUT2D eigenvalue weighted by Crippen LogP contribution is 2.45. The monoisotopic (exact) mass is 403 g/mol. The van der Waals surface area contributed by atoms with Crippen LogP contribution in [0.25, 0.3) is 0 Å². The Bertz CT molecular complexity index is 848. The molecule has 2 amide bonds. The highest BCUT2D eigenvalue weighted by atomic mass is 32.1. The Morgan fingerprint density at radius 1 is 1.21 bits per heavy atom. The van der Waals surface area contributed by atoms with Gasteiger partial charge >= 0.3 is 0 Å². The minimum Gasteiger partial charge on any atom is -0.339 e. The fraction of sp³-hybridized carbons (Fsp3) is 0.474. The van der Waals surface area contributed by atoms with Crippen LogP contribution in [0.15, 0.2) is 29.8 Å². The Labute approximate surface area is 166 Å². The van der Waals surface area contributed by atoms with E-state index in [4.69, 9.17) is 0 Å². The number of benzene rings is 1. The zero-order valence-corrected chi connectivity index (χ0v) is 16.3. The summed E-state index contributed by atoms with van der Waals surface area (Å²) in [7, 11) is 0. The van der Waals surface area contributed by atoms with Gasteiger partial charge in [-0.25, -0.2) is 4.39 Å². The van der Waals surface area contributed by atoms with Crippen molar-refractivity contribution in [1.82, 2.24) is 20.0 Å². The van der Waals surface area contributed by atoms with E-state index in [9.17, 15) is 14.0 Å². The van der Waals surface area contributed by atoms with Gasteiger partial charge < -0.3 is 4.90 Å². The van der Waals surface area contributed by atoms with Crippen molar-refractivity contribution in [2.24, 2.45) is 0 Å². The van der Waals surface area contributed by atoms with Crippen LogP contribution < -0.4 is 5.32 Å². The molecule has 2 aliphatic rings. The summed E-state index contributed by atoms with van der Waals surface area (Å²) in [4.78, 5) is 29.2. The summed E-state index contributed by atoms with van der Waals surface area (Å²) in [6, 6.07) is 6.43. The van der Waals surface area contributed by atoms with Crippen LogP contribution in [0, 0.1) is 5.82 Å². The number of hydrogen-bond acceptors (Lipinski definition) is 6. The number of hydrogen-bond donors (Lipinski definition) is 1. The van der Waals surface area contributed by atoms with Gasteiger partial charge in [0, 0.05) is 26.2 Å². The van der Waals surface area contributed by atoms with Gasteiger partial charge in [0.2, 0.25) is 16.9 Å². The second-order valence-electron chi connectivity index (χ2n) is 7.31. The van der Waals surface area contributed by atoms with Crippen LogP contribution >= 0.6 is 11.3 Å². The van der Waals surface area contributed by atoms with Crippen LogP contribution in [-0.2, 0) is 15.0 Å². The second-order valence-corrected chi connectivity index (χ2v) is 8.14. The highest BCUT2D eigenvalue weighted by Gasteiger charge is 2.48. The average Bonchev–Trinajstić information content (AvgIpc) is 3.14. The largest absolute Gasteiger partial charge is 0.339 e. The maximum absolute atomic E-state index is 13.7. The molecule has 1 aromatic heterocycles. The first kappa shape index (κ1) is 18.9. The van der Waals surface area contributed by atoms with Crippen molar-refractivity contribution >= 4 is 28.3 Å². The van der Waals surface area contributed by atoms with Crippen LogP contribution in [0.1, 0.15) is 24.8 Å². The molecule has 4 rings (SSSR count). The third kappa shape index (κ3) is 3.77. The van der Waals surface area contributed by atoms with Crippen LogP contribution in [0.2, 0.25) is 0 Å². The summed E-state index contributed by atoms with van der Waals surface area (Å²) >= 11 is 1.28. The predicted molar refractivity (Wildman–Crippen MR) is 103 cm³/mol. The standard InChI is InChI=1S/C19H22FN5O2S/c20-15-4-1-3-14(11-15)19(5-2-6-19)17(27)25-9-7-24(8-10-25)12-16(26)22-18-23-21-13-28-18/h1,3-4,11,13H,2,5-10,12H2,(H,22,23,26). The quantitative estimate of drug-likeness (QED) is 0.825. The van der Waals surface area contributed by atoms with Crippen molar-refractivity contribution in [1.29, 1.82) is 0 Å². The maximum atomic E-state index is 13.7. The molecule has 0 atom stereocenters. The molecule has 1 N–H and O–H groups in total. The van der Waals surface area contributed by atoms with Crippen molar-refractivity contribution in [2.45, 2.75) is 24.7 Å². The molecular weight excluding hydrogens is 381 g/mol. The molecule has 0 unspecified atom stereocenters. The van der Waals surface area contributed by atoms with E-state index in [0.717, 1.165) is 24.8 Å². The lowest BCUT2D eigenvalue weighted by molar-refractivity contribution is -0.142. The van der Waals surface area contributed by atoms with E-state index in [1.165, 1.54) is 23.5 Å². The summed E-state index contributed by atoms with van der Waals surface area (Å²) < 4.78 is 13.7. The van der Waals surface area contributed by atoms with E-state index in [-0.39, 0.29) is 24.2 Å². The van der Waals surface area contributed by atoms with E-state index < -0.39 is 5.41 Å². The fourth-order valence-corrected chi connectivity index (χ4v) is 4.40. The molecule has 148 valence electrons. The van der Waals surface area contributed by atoms with Gasteiger partial charge in [-0.15, -0.1) is 10.2 Å². The SMILES string of the molecule is O=C(CN1CCN(C(=O)C2(c3cccc(F)c3)CCC2)CC1)Nc1nncs1. The van der Waals surface area contributed by atoms with Crippen LogP contribution in [-0.4, -0.2) is 64.5 Å². The predicted octanol–water partition coefficient (Wildman–Crippen LogP) is 1.88. The van der Waals surface area contributed by atoms with Crippen molar-refractivity contribution in [3.63, 3.8) is 0 Å². The van der Waals surface area contributed by atoms with E-state index in [2.05, 4.69) is 15.5 Å². The molecule has 1 saturated carbocycles. The molecule has 2 aromatic rings. The van der Waals surface area contributed by atoms with Crippen molar-refractivity contribution in [3.8, 4) is 0 Å². The molecule has 0 radical (unpaired) electrons.